The summed E-state index contributed by atoms with van der Waals surface area (Å²) in [5, 5.41) is 0. The van der Waals surface area contributed by atoms with Gasteiger partial charge >= 0.3 is 16.4 Å². The highest BCUT2D eigenvalue weighted by atomic mass is 32.3. The summed E-state index contributed by atoms with van der Waals surface area (Å²) in [5.41, 5.74) is 0. The summed E-state index contributed by atoms with van der Waals surface area (Å²) < 4.78 is 33.2. The normalized spacial score (nSPS) is 12.9. The average Bonchev–Trinajstić information content (AvgIpc) is 2.49. The van der Waals surface area contributed by atoms with Crippen LogP contribution in [0.1, 0.15) is 110 Å². The molecule has 0 aliphatic heterocycles. The molecule has 150 valence electrons. The Morgan fingerprint density at radius 2 is 1.24 bits per heavy atom. The summed E-state index contributed by atoms with van der Waals surface area (Å²) in [6.07, 6.45) is 17.8. The Balaban J connectivity index is 3.34. The van der Waals surface area contributed by atoms with Gasteiger partial charge in [-0.3, -0.25) is 9.35 Å². The molecule has 0 aliphatic rings. The van der Waals surface area contributed by atoms with Crippen LogP contribution in [-0.4, -0.2) is 18.9 Å². The van der Waals surface area contributed by atoms with Crippen LogP contribution >= 0.6 is 0 Å². The van der Waals surface area contributed by atoms with E-state index >= 15 is 0 Å². The summed E-state index contributed by atoms with van der Waals surface area (Å²) in [6.45, 7) is 4.14. The van der Waals surface area contributed by atoms with Gasteiger partial charge in [0.25, 0.3) is 0 Å². The molecule has 0 fully saturated rings. The standard InChI is InChI=1S/C19H38O5S/c1-3-4-5-6-7-8-9-10-11-12-13-14-15-16-18(2)17-19(20)24-25(21,22)23/h18H,3-17H2,1-2H3,(H,21,22,23). The van der Waals surface area contributed by atoms with E-state index in [1.165, 1.54) is 70.6 Å². The van der Waals surface area contributed by atoms with Crippen molar-refractivity contribution in [2.75, 3.05) is 0 Å². The third-order valence-electron chi connectivity index (χ3n) is 4.51. The van der Waals surface area contributed by atoms with Crippen LogP contribution in [0.3, 0.4) is 0 Å². The van der Waals surface area contributed by atoms with Gasteiger partial charge in [0.15, 0.2) is 0 Å². The second-order valence-electron chi connectivity index (χ2n) is 7.22. The van der Waals surface area contributed by atoms with Crippen molar-refractivity contribution >= 4 is 16.4 Å². The minimum Gasteiger partial charge on any atom is -0.325 e. The molecule has 6 heteroatoms. The van der Waals surface area contributed by atoms with E-state index in [2.05, 4.69) is 11.1 Å². The van der Waals surface area contributed by atoms with E-state index in [0.29, 0.717) is 0 Å². The Morgan fingerprint density at radius 1 is 0.840 bits per heavy atom. The van der Waals surface area contributed by atoms with Crippen molar-refractivity contribution in [2.24, 2.45) is 5.92 Å². The van der Waals surface area contributed by atoms with Gasteiger partial charge in [-0.25, -0.2) is 0 Å². The second-order valence-corrected chi connectivity index (χ2v) is 8.25. The van der Waals surface area contributed by atoms with E-state index in [-0.39, 0.29) is 12.3 Å². The first kappa shape index (κ1) is 24.4. The van der Waals surface area contributed by atoms with Gasteiger partial charge in [-0.15, -0.1) is 0 Å². The number of carbonyl (C=O) groups excluding carboxylic acids is 1. The highest BCUT2D eigenvalue weighted by Gasteiger charge is 2.16. The second kappa shape index (κ2) is 15.6. The molecule has 0 aromatic carbocycles. The van der Waals surface area contributed by atoms with Crippen LogP contribution in [0.5, 0.6) is 0 Å². The van der Waals surface area contributed by atoms with Gasteiger partial charge in [-0.05, 0) is 5.92 Å². The quantitative estimate of drug-likeness (QED) is 0.254. The monoisotopic (exact) mass is 378 g/mol. The molecule has 0 radical (unpaired) electrons. The number of carbonyl (C=O) groups is 1. The highest BCUT2D eigenvalue weighted by molar-refractivity contribution is 7.81. The zero-order valence-corrected chi connectivity index (χ0v) is 17.0. The SMILES string of the molecule is CCCCCCCCCCCCCCCC(C)CC(=O)OS(=O)(=O)O. The highest BCUT2D eigenvalue weighted by Crippen LogP contribution is 2.16. The van der Waals surface area contributed by atoms with Gasteiger partial charge in [0.1, 0.15) is 0 Å². The molecule has 0 aromatic heterocycles. The number of rotatable bonds is 17. The molecular weight excluding hydrogens is 340 g/mol. The summed E-state index contributed by atoms with van der Waals surface area (Å²) in [4.78, 5) is 11.2. The Kier molecular flexibility index (Phi) is 15.2. The first-order valence-electron chi connectivity index (χ1n) is 10.0. The first-order chi connectivity index (χ1) is 11.8. The molecule has 0 aromatic rings. The van der Waals surface area contributed by atoms with Crippen LogP contribution in [-0.2, 0) is 19.4 Å². The Labute approximate surface area is 154 Å². The summed E-state index contributed by atoms with van der Waals surface area (Å²) in [7, 11) is -4.67. The van der Waals surface area contributed by atoms with Crippen LogP contribution in [0.25, 0.3) is 0 Å². The van der Waals surface area contributed by atoms with Crippen molar-refractivity contribution < 1.29 is 21.9 Å². The molecule has 0 spiro atoms. The molecule has 0 bridgehead atoms. The molecule has 1 unspecified atom stereocenters. The van der Waals surface area contributed by atoms with Gasteiger partial charge in [-0.2, -0.15) is 8.42 Å². The summed E-state index contributed by atoms with van der Waals surface area (Å²) in [5.74, 6) is -0.813. The molecule has 0 rings (SSSR count). The topological polar surface area (TPSA) is 80.7 Å². The Hall–Kier alpha value is -0.620. The van der Waals surface area contributed by atoms with Crippen molar-refractivity contribution in [3.05, 3.63) is 0 Å². The fraction of sp³-hybridized carbons (Fsp3) is 0.947. The van der Waals surface area contributed by atoms with Crippen molar-refractivity contribution in [1.82, 2.24) is 0 Å². The van der Waals surface area contributed by atoms with Gasteiger partial charge in [-0.1, -0.05) is 104 Å². The third-order valence-corrected chi connectivity index (χ3v) is 4.91. The fourth-order valence-corrected chi connectivity index (χ4v) is 3.35. The van der Waals surface area contributed by atoms with Crippen LogP contribution < -0.4 is 0 Å². The van der Waals surface area contributed by atoms with Crippen LogP contribution in [0.15, 0.2) is 0 Å². The van der Waals surface area contributed by atoms with E-state index in [1.54, 1.807) is 0 Å². The lowest BCUT2D eigenvalue weighted by atomic mass is 9.99. The molecule has 1 N–H and O–H groups in total. The largest absolute Gasteiger partial charge is 0.448 e. The lowest BCUT2D eigenvalue weighted by Crippen LogP contribution is -2.14. The van der Waals surface area contributed by atoms with Gasteiger partial charge in [0.2, 0.25) is 0 Å². The fourth-order valence-electron chi connectivity index (χ4n) is 3.05. The van der Waals surface area contributed by atoms with Crippen molar-refractivity contribution in [3.63, 3.8) is 0 Å². The first-order valence-corrected chi connectivity index (χ1v) is 11.4. The lowest BCUT2D eigenvalue weighted by Gasteiger charge is -2.09. The van der Waals surface area contributed by atoms with E-state index in [9.17, 15) is 13.2 Å². The van der Waals surface area contributed by atoms with E-state index < -0.39 is 16.4 Å². The van der Waals surface area contributed by atoms with Crippen molar-refractivity contribution in [3.8, 4) is 0 Å². The van der Waals surface area contributed by atoms with E-state index in [1.807, 2.05) is 6.92 Å². The van der Waals surface area contributed by atoms with Crippen LogP contribution in [0, 0.1) is 5.92 Å². The lowest BCUT2D eigenvalue weighted by molar-refractivity contribution is -0.135. The molecule has 0 saturated heterocycles. The summed E-state index contributed by atoms with van der Waals surface area (Å²) in [6, 6.07) is 0. The molecule has 25 heavy (non-hydrogen) atoms. The van der Waals surface area contributed by atoms with Gasteiger partial charge < -0.3 is 4.18 Å². The predicted molar refractivity (Wildman–Crippen MR) is 102 cm³/mol. The van der Waals surface area contributed by atoms with E-state index in [0.717, 1.165) is 19.3 Å². The molecule has 0 amide bonds. The maximum absolute atomic E-state index is 11.2. The molecule has 0 aliphatic carbocycles. The molecule has 0 heterocycles. The number of hydrogen-bond donors (Lipinski definition) is 1. The number of hydrogen-bond acceptors (Lipinski definition) is 4. The Morgan fingerprint density at radius 3 is 1.64 bits per heavy atom. The summed E-state index contributed by atoms with van der Waals surface area (Å²) >= 11 is 0. The predicted octanol–water partition coefficient (Wildman–Crippen LogP) is 5.84. The molecular formula is C19H38O5S. The van der Waals surface area contributed by atoms with Crippen molar-refractivity contribution in [2.45, 2.75) is 110 Å². The zero-order valence-electron chi connectivity index (χ0n) is 16.2. The van der Waals surface area contributed by atoms with E-state index in [4.69, 9.17) is 4.55 Å². The smallest absolute Gasteiger partial charge is 0.325 e. The number of unbranched alkanes of at least 4 members (excludes halogenated alkanes) is 12. The molecule has 1 atom stereocenters. The zero-order chi connectivity index (χ0) is 19.0. The van der Waals surface area contributed by atoms with Crippen LogP contribution in [0.4, 0.5) is 0 Å². The molecule has 5 nitrogen and oxygen atoms in total. The third kappa shape index (κ3) is 19.6. The van der Waals surface area contributed by atoms with Gasteiger partial charge in [0, 0.05) is 6.42 Å². The average molecular weight is 379 g/mol. The van der Waals surface area contributed by atoms with Crippen LogP contribution in [0.2, 0.25) is 0 Å². The maximum Gasteiger partial charge on any atom is 0.448 e. The van der Waals surface area contributed by atoms with Crippen molar-refractivity contribution in [1.29, 1.82) is 0 Å². The minimum absolute atomic E-state index is 0.0258. The van der Waals surface area contributed by atoms with Gasteiger partial charge in [0.05, 0.1) is 0 Å². The maximum atomic E-state index is 11.2. The minimum atomic E-state index is -4.67. The molecule has 0 saturated carbocycles. The Bertz CT molecular complexity index is 420.